The zero-order valence-electron chi connectivity index (χ0n) is 12.8. The minimum Gasteiger partial charge on any atom is -0.373 e. The normalized spacial score (nSPS) is 21.5. The Balaban J connectivity index is 1.65. The smallest absolute Gasteiger partial charge is 0.267 e. The SMILES string of the molecule is Cc1ccc([C@@H]2OCCC[C@H]2CNC(=O)c2ccc[nH]2)cc1. The van der Waals surface area contributed by atoms with Crippen LogP contribution >= 0.6 is 0 Å². The summed E-state index contributed by atoms with van der Waals surface area (Å²) in [5, 5.41) is 3.02. The molecule has 22 heavy (non-hydrogen) atoms. The number of benzene rings is 1. The molecule has 0 spiro atoms. The Morgan fingerprint density at radius 1 is 1.32 bits per heavy atom. The largest absolute Gasteiger partial charge is 0.373 e. The maximum Gasteiger partial charge on any atom is 0.267 e. The molecule has 1 aromatic carbocycles. The van der Waals surface area contributed by atoms with E-state index < -0.39 is 0 Å². The van der Waals surface area contributed by atoms with Crippen molar-refractivity contribution in [2.45, 2.75) is 25.9 Å². The summed E-state index contributed by atoms with van der Waals surface area (Å²) < 4.78 is 5.98. The fourth-order valence-corrected chi connectivity index (χ4v) is 2.97. The van der Waals surface area contributed by atoms with Gasteiger partial charge in [0.15, 0.2) is 0 Å². The molecule has 2 N–H and O–H groups in total. The molecule has 4 heteroatoms. The second-order valence-corrected chi connectivity index (χ2v) is 5.90. The number of aromatic nitrogens is 1. The van der Waals surface area contributed by atoms with E-state index in [1.54, 1.807) is 12.3 Å². The molecule has 0 aliphatic carbocycles. The van der Waals surface area contributed by atoms with Gasteiger partial charge in [0, 0.05) is 25.3 Å². The molecule has 2 aromatic rings. The van der Waals surface area contributed by atoms with E-state index in [9.17, 15) is 4.79 Å². The van der Waals surface area contributed by atoms with Gasteiger partial charge in [0.1, 0.15) is 5.69 Å². The Hall–Kier alpha value is -2.07. The van der Waals surface area contributed by atoms with Crippen molar-refractivity contribution in [1.82, 2.24) is 10.3 Å². The van der Waals surface area contributed by atoms with E-state index in [1.165, 1.54) is 11.1 Å². The first kappa shape index (κ1) is 14.9. The van der Waals surface area contributed by atoms with Gasteiger partial charge in [-0.05, 0) is 37.5 Å². The lowest BCUT2D eigenvalue weighted by molar-refractivity contribution is -0.0272. The first-order valence-electron chi connectivity index (χ1n) is 7.84. The van der Waals surface area contributed by atoms with Gasteiger partial charge in [-0.15, -0.1) is 0 Å². The third-order valence-corrected chi connectivity index (χ3v) is 4.22. The quantitative estimate of drug-likeness (QED) is 0.910. The van der Waals surface area contributed by atoms with Crippen LogP contribution in [-0.4, -0.2) is 24.0 Å². The maximum atomic E-state index is 12.1. The lowest BCUT2D eigenvalue weighted by Crippen LogP contribution is -2.35. The van der Waals surface area contributed by atoms with Crippen molar-refractivity contribution in [1.29, 1.82) is 0 Å². The topological polar surface area (TPSA) is 54.1 Å². The molecule has 116 valence electrons. The van der Waals surface area contributed by atoms with Crippen LogP contribution in [-0.2, 0) is 4.74 Å². The highest BCUT2D eigenvalue weighted by molar-refractivity contribution is 5.92. The van der Waals surface area contributed by atoms with Crippen LogP contribution in [0.4, 0.5) is 0 Å². The van der Waals surface area contributed by atoms with Crippen LogP contribution in [0, 0.1) is 12.8 Å². The fourth-order valence-electron chi connectivity index (χ4n) is 2.97. The second kappa shape index (κ2) is 6.79. The minimum absolute atomic E-state index is 0.0572. The van der Waals surface area contributed by atoms with Gasteiger partial charge in [0.2, 0.25) is 0 Å². The van der Waals surface area contributed by atoms with Gasteiger partial charge < -0.3 is 15.0 Å². The van der Waals surface area contributed by atoms with E-state index in [1.807, 2.05) is 6.07 Å². The first-order valence-corrected chi connectivity index (χ1v) is 7.84. The van der Waals surface area contributed by atoms with Gasteiger partial charge in [-0.1, -0.05) is 29.8 Å². The number of nitrogens with one attached hydrogen (secondary N) is 2. The van der Waals surface area contributed by atoms with Crippen LogP contribution in [0.3, 0.4) is 0 Å². The molecular formula is C18H22N2O2. The van der Waals surface area contributed by atoms with E-state index in [4.69, 9.17) is 4.74 Å². The number of amides is 1. The lowest BCUT2D eigenvalue weighted by atomic mass is 9.89. The van der Waals surface area contributed by atoms with Gasteiger partial charge in [-0.25, -0.2) is 0 Å². The van der Waals surface area contributed by atoms with Crippen molar-refractivity contribution < 1.29 is 9.53 Å². The first-order chi connectivity index (χ1) is 10.7. The Morgan fingerprint density at radius 3 is 2.86 bits per heavy atom. The summed E-state index contributed by atoms with van der Waals surface area (Å²) in [5.41, 5.74) is 3.05. The van der Waals surface area contributed by atoms with Crippen LogP contribution in [0.1, 0.15) is 40.6 Å². The Labute approximate surface area is 130 Å². The Bertz CT molecular complexity index is 605. The van der Waals surface area contributed by atoms with E-state index >= 15 is 0 Å². The summed E-state index contributed by atoms with van der Waals surface area (Å²) in [6, 6.07) is 12.1. The number of hydrogen-bond donors (Lipinski definition) is 2. The molecule has 4 nitrogen and oxygen atoms in total. The molecule has 2 atom stereocenters. The number of aryl methyl sites for hydroxylation is 1. The highest BCUT2D eigenvalue weighted by atomic mass is 16.5. The van der Waals surface area contributed by atoms with E-state index in [0.29, 0.717) is 18.2 Å². The van der Waals surface area contributed by atoms with Crippen LogP contribution in [0.25, 0.3) is 0 Å². The minimum atomic E-state index is -0.0572. The highest BCUT2D eigenvalue weighted by Crippen LogP contribution is 2.33. The van der Waals surface area contributed by atoms with Crippen LogP contribution in [0.15, 0.2) is 42.6 Å². The molecule has 1 aromatic heterocycles. The summed E-state index contributed by atoms with van der Waals surface area (Å²) in [5.74, 6) is 0.258. The molecule has 2 heterocycles. The van der Waals surface area contributed by atoms with Crippen molar-refractivity contribution in [3.8, 4) is 0 Å². The standard InChI is InChI=1S/C18H22N2O2/c1-13-6-8-14(9-7-13)17-15(4-3-11-22-17)12-20-18(21)16-5-2-10-19-16/h2,5-10,15,17,19H,3-4,11-12H2,1H3,(H,20,21)/t15-,17-/m0/s1. The molecule has 3 rings (SSSR count). The van der Waals surface area contributed by atoms with Crippen molar-refractivity contribution in [3.63, 3.8) is 0 Å². The molecule has 0 unspecified atom stereocenters. The summed E-state index contributed by atoms with van der Waals surface area (Å²) in [6.45, 7) is 3.51. The summed E-state index contributed by atoms with van der Waals surface area (Å²) in [4.78, 5) is 15.0. The molecule has 1 saturated heterocycles. The number of carbonyl (C=O) groups is 1. The second-order valence-electron chi connectivity index (χ2n) is 5.90. The number of rotatable bonds is 4. The lowest BCUT2D eigenvalue weighted by Gasteiger charge is -2.32. The van der Waals surface area contributed by atoms with E-state index in [2.05, 4.69) is 41.5 Å². The van der Waals surface area contributed by atoms with Gasteiger partial charge in [0.25, 0.3) is 5.91 Å². The van der Waals surface area contributed by atoms with Crippen LogP contribution in [0.2, 0.25) is 0 Å². The number of ether oxygens (including phenoxy) is 1. The molecule has 1 fully saturated rings. The van der Waals surface area contributed by atoms with Crippen molar-refractivity contribution in [3.05, 3.63) is 59.4 Å². The molecule has 1 amide bonds. The molecule has 1 aliphatic rings. The van der Waals surface area contributed by atoms with Gasteiger partial charge in [-0.3, -0.25) is 4.79 Å². The highest BCUT2D eigenvalue weighted by Gasteiger charge is 2.27. The summed E-state index contributed by atoms with van der Waals surface area (Å²) in [6.07, 6.45) is 3.95. The molecule has 0 bridgehead atoms. The van der Waals surface area contributed by atoms with E-state index in [0.717, 1.165) is 19.4 Å². The van der Waals surface area contributed by atoms with Gasteiger partial charge in [-0.2, -0.15) is 0 Å². The predicted molar refractivity (Wildman–Crippen MR) is 85.7 cm³/mol. The number of H-pyrrole nitrogens is 1. The van der Waals surface area contributed by atoms with Crippen LogP contribution in [0.5, 0.6) is 0 Å². The average Bonchev–Trinajstić information content (AvgIpc) is 3.08. The number of aromatic amines is 1. The third-order valence-electron chi connectivity index (χ3n) is 4.22. The predicted octanol–water partition coefficient (Wildman–Crippen LogP) is 3.22. The average molecular weight is 298 g/mol. The molecular weight excluding hydrogens is 276 g/mol. The Kier molecular flexibility index (Phi) is 4.59. The zero-order valence-corrected chi connectivity index (χ0v) is 12.8. The maximum absolute atomic E-state index is 12.1. The molecule has 1 aliphatic heterocycles. The molecule has 0 saturated carbocycles. The van der Waals surface area contributed by atoms with Gasteiger partial charge in [0.05, 0.1) is 6.10 Å². The monoisotopic (exact) mass is 298 g/mol. The number of carbonyl (C=O) groups excluding carboxylic acids is 1. The van der Waals surface area contributed by atoms with Crippen molar-refractivity contribution in [2.24, 2.45) is 5.92 Å². The summed E-state index contributed by atoms with van der Waals surface area (Å²) >= 11 is 0. The fraction of sp³-hybridized carbons (Fsp3) is 0.389. The van der Waals surface area contributed by atoms with E-state index in [-0.39, 0.29) is 12.0 Å². The van der Waals surface area contributed by atoms with Crippen LogP contribution < -0.4 is 5.32 Å². The number of hydrogen-bond acceptors (Lipinski definition) is 2. The zero-order chi connectivity index (χ0) is 15.4. The van der Waals surface area contributed by atoms with Crippen molar-refractivity contribution in [2.75, 3.05) is 13.2 Å². The molecule has 0 radical (unpaired) electrons. The third kappa shape index (κ3) is 3.39. The van der Waals surface area contributed by atoms with Crippen molar-refractivity contribution >= 4 is 5.91 Å². The Morgan fingerprint density at radius 2 is 2.14 bits per heavy atom. The summed E-state index contributed by atoms with van der Waals surface area (Å²) in [7, 11) is 0. The van der Waals surface area contributed by atoms with Gasteiger partial charge >= 0.3 is 0 Å².